The maximum Gasteiger partial charge on any atom is 0.268 e. The Morgan fingerprint density at radius 2 is 2.08 bits per heavy atom. The van der Waals surface area contributed by atoms with Gasteiger partial charge in [-0.2, -0.15) is 0 Å². The lowest BCUT2D eigenvalue weighted by atomic mass is 10.2. The van der Waals surface area contributed by atoms with Crippen LogP contribution in [0.15, 0.2) is 45.2 Å². The first kappa shape index (κ1) is 18.0. The molecule has 2 aromatic heterocycles. The van der Waals surface area contributed by atoms with Gasteiger partial charge in [-0.05, 0) is 37.4 Å². The van der Waals surface area contributed by atoms with Gasteiger partial charge in [-0.15, -0.1) is 23.1 Å². The highest BCUT2D eigenvalue weighted by molar-refractivity contribution is 8.03. The molecule has 0 spiro atoms. The van der Waals surface area contributed by atoms with Crippen molar-refractivity contribution in [2.75, 3.05) is 13.2 Å². The van der Waals surface area contributed by atoms with Crippen molar-refractivity contribution >= 4 is 40.5 Å². The number of amides is 2. The molecule has 2 aromatic rings. The molecule has 0 saturated heterocycles. The predicted octanol–water partition coefficient (Wildman–Crippen LogP) is 3.78. The van der Waals surface area contributed by atoms with E-state index in [0.717, 1.165) is 10.6 Å². The van der Waals surface area contributed by atoms with E-state index in [2.05, 4.69) is 0 Å². The fraction of sp³-hybridized carbons (Fsp3) is 0.333. The van der Waals surface area contributed by atoms with Crippen LogP contribution < -0.4 is 0 Å². The Balaban J connectivity index is 1.80. The van der Waals surface area contributed by atoms with E-state index in [-0.39, 0.29) is 24.5 Å². The second kappa shape index (κ2) is 8.03. The maximum absolute atomic E-state index is 12.8. The molecule has 1 aliphatic rings. The van der Waals surface area contributed by atoms with Crippen LogP contribution in [0.1, 0.15) is 24.5 Å². The van der Waals surface area contributed by atoms with Crippen LogP contribution in [-0.4, -0.2) is 36.0 Å². The summed E-state index contributed by atoms with van der Waals surface area (Å²) in [5, 5.41) is 1.90. The number of nitrogens with zero attached hydrogens (tertiary/aromatic N) is 1. The van der Waals surface area contributed by atoms with Crippen LogP contribution in [0, 0.1) is 0 Å². The summed E-state index contributed by atoms with van der Waals surface area (Å²) in [6.07, 6.45) is 1.66. The smallest absolute Gasteiger partial charge is 0.268 e. The fourth-order valence-corrected chi connectivity index (χ4v) is 4.31. The van der Waals surface area contributed by atoms with Gasteiger partial charge in [0.15, 0.2) is 0 Å². The third-order valence-corrected chi connectivity index (χ3v) is 5.58. The maximum atomic E-state index is 12.8. The number of thioether (sulfide) groups is 1. The molecule has 0 unspecified atom stereocenters. The van der Waals surface area contributed by atoms with Gasteiger partial charge >= 0.3 is 0 Å². The zero-order chi connectivity index (χ0) is 17.8. The molecule has 132 valence electrons. The van der Waals surface area contributed by atoms with Gasteiger partial charge < -0.3 is 9.15 Å². The Kier molecular flexibility index (Phi) is 5.78. The molecule has 3 heterocycles. The zero-order valence-corrected chi connectivity index (χ0v) is 15.7. The molecular weight excluding hydrogens is 358 g/mol. The number of thiophene rings is 1. The Bertz CT molecular complexity index is 763. The molecule has 0 radical (unpaired) electrons. The molecule has 5 nitrogen and oxygen atoms in total. The van der Waals surface area contributed by atoms with Gasteiger partial charge in [0.2, 0.25) is 0 Å². The van der Waals surface area contributed by atoms with Crippen LogP contribution in [-0.2, 0) is 20.1 Å². The van der Waals surface area contributed by atoms with Gasteiger partial charge in [0.25, 0.3) is 11.8 Å². The van der Waals surface area contributed by atoms with Gasteiger partial charge in [-0.1, -0.05) is 6.07 Å². The van der Waals surface area contributed by atoms with E-state index in [0.29, 0.717) is 22.8 Å². The summed E-state index contributed by atoms with van der Waals surface area (Å²) in [4.78, 5) is 28.2. The molecule has 0 atom stereocenters. The molecule has 0 aliphatic carbocycles. The summed E-state index contributed by atoms with van der Waals surface area (Å²) >= 11 is 2.80. The van der Waals surface area contributed by atoms with Crippen LogP contribution in [0.2, 0.25) is 0 Å². The molecule has 25 heavy (non-hydrogen) atoms. The Morgan fingerprint density at radius 1 is 1.24 bits per heavy atom. The fourth-order valence-electron chi connectivity index (χ4n) is 2.45. The normalized spacial score (nSPS) is 15.1. The van der Waals surface area contributed by atoms with Crippen LogP contribution in [0.25, 0.3) is 5.57 Å². The Labute approximate surface area is 154 Å². The topological polar surface area (TPSA) is 59.8 Å². The van der Waals surface area contributed by atoms with Crippen molar-refractivity contribution in [1.82, 2.24) is 4.90 Å². The Hall–Kier alpha value is -1.83. The highest BCUT2D eigenvalue weighted by atomic mass is 32.2. The average Bonchev–Trinajstić information content (AvgIpc) is 3.30. The molecule has 0 fully saturated rings. The summed E-state index contributed by atoms with van der Waals surface area (Å²) in [5.41, 5.74) is 0.487. The summed E-state index contributed by atoms with van der Waals surface area (Å²) in [7, 11) is 0. The quantitative estimate of drug-likeness (QED) is 0.655. The highest BCUT2D eigenvalue weighted by Gasteiger charge is 2.39. The Morgan fingerprint density at radius 3 is 2.72 bits per heavy atom. The molecule has 0 N–H and O–H groups in total. The van der Waals surface area contributed by atoms with Gasteiger partial charge in [0, 0.05) is 4.88 Å². The van der Waals surface area contributed by atoms with Crippen molar-refractivity contribution in [2.24, 2.45) is 0 Å². The summed E-state index contributed by atoms with van der Waals surface area (Å²) < 4.78 is 10.8. The first-order chi connectivity index (χ1) is 12.1. The number of hydrogen-bond donors (Lipinski definition) is 0. The lowest BCUT2D eigenvalue weighted by molar-refractivity contribution is -0.137. The summed E-state index contributed by atoms with van der Waals surface area (Å²) in [5.74, 6) is 0.774. The van der Waals surface area contributed by atoms with E-state index in [1.807, 2.05) is 43.5 Å². The van der Waals surface area contributed by atoms with E-state index in [1.54, 1.807) is 6.26 Å². The summed E-state index contributed by atoms with van der Waals surface area (Å²) in [6.45, 7) is 4.44. The number of furan rings is 1. The number of hydrogen-bond acceptors (Lipinski definition) is 6. The predicted molar refractivity (Wildman–Crippen MR) is 99.1 cm³/mol. The molecule has 1 aliphatic heterocycles. The van der Waals surface area contributed by atoms with Gasteiger partial charge in [-0.3, -0.25) is 14.5 Å². The second-order valence-corrected chi connectivity index (χ2v) is 7.66. The largest absolute Gasteiger partial charge is 0.468 e. The van der Waals surface area contributed by atoms with E-state index in [4.69, 9.17) is 9.15 Å². The molecule has 0 aromatic carbocycles. The lowest BCUT2D eigenvalue weighted by Gasteiger charge is -2.16. The monoisotopic (exact) mass is 377 g/mol. The lowest BCUT2D eigenvalue weighted by Crippen LogP contribution is -2.35. The molecule has 0 bridgehead atoms. The van der Waals surface area contributed by atoms with Crippen molar-refractivity contribution in [1.29, 1.82) is 0 Å². The zero-order valence-electron chi connectivity index (χ0n) is 14.1. The van der Waals surface area contributed by atoms with Gasteiger partial charge in [0.1, 0.15) is 5.76 Å². The standard InChI is InChI=1S/C18H19NO4S2/c1-12(2)22-9-7-19-17(20)15(14-6-4-10-24-14)16(18(19)21)25-11-13-5-3-8-23-13/h3-6,8,10,12H,7,9,11H2,1-2H3. The van der Waals surface area contributed by atoms with Crippen LogP contribution in [0.5, 0.6) is 0 Å². The van der Waals surface area contributed by atoms with Crippen LogP contribution in [0.3, 0.4) is 0 Å². The van der Waals surface area contributed by atoms with E-state index >= 15 is 0 Å². The number of carbonyl (C=O) groups excluding carboxylic acids is 2. The van der Waals surface area contributed by atoms with Gasteiger partial charge in [-0.25, -0.2) is 0 Å². The minimum Gasteiger partial charge on any atom is -0.468 e. The minimum atomic E-state index is -0.252. The van der Waals surface area contributed by atoms with Crippen LogP contribution in [0.4, 0.5) is 0 Å². The van der Waals surface area contributed by atoms with E-state index in [9.17, 15) is 9.59 Å². The number of carbonyl (C=O) groups is 2. The third kappa shape index (κ3) is 4.05. The van der Waals surface area contributed by atoms with E-state index in [1.165, 1.54) is 28.0 Å². The van der Waals surface area contributed by atoms with Crippen molar-refractivity contribution in [2.45, 2.75) is 25.7 Å². The van der Waals surface area contributed by atoms with Crippen molar-refractivity contribution < 1.29 is 18.7 Å². The molecule has 3 rings (SSSR count). The minimum absolute atomic E-state index is 0.0605. The SMILES string of the molecule is CC(C)OCCN1C(=O)C(SCc2ccco2)=C(c2cccs2)C1=O. The second-order valence-electron chi connectivity index (χ2n) is 5.73. The molecule has 0 saturated carbocycles. The number of ether oxygens (including phenoxy) is 1. The third-order valence-electron chi connectivity index (χ3n) is 3.60. The highest BCUT2D eigenvalue weighted by Crippen LogP contribution is 2.38. The molecular formula is C18H19NO4S2. The van der Waals surface area contributed by atoms with Crippen molar-refractivity contribution in [3.05, 3.63) is 51.5 Å². The number of imide groups is 1. The van der Waals surface area contributed by atoms with Crippen molar-refractivity contribution in [3.8, 4) is 0 Å². The molecule has 7 heteroatoms. The number of rotatable bonds is 8. The van der Waals surface area contributed by atoms with Crippen molar-refractivity contribution in [3.63, 3.8) is 0 Å². The average molecular weight is 377 g/mol. The van der Waals surface area contributed by atoms with E-state index < -0.39 is 0 Å². The first-order valence-corrected chi connectivity index (χ1v) is 9.85. The van der Waals surface area contributed by atoms with Gasteiger partial charge in [0.05, 0.1) is 41.7 Å². The summed E-state index contributed by atoms with van der Waals surface area (Å²) in [6, 6.07) is 7.41. The van der Waals surface area contributed by atoms with Crippen LogP contribution >= 0.6 is 23.1 Å². The first-order valence-electron chi connectivity index (χ1n) is 7.99. The molecule has 2 amide bonds.